The zero-order valence-corrected chi connectivity index (χ0v) is 14.3. The first-order valence-corrected chi connectivity index (χ1v) is 8.09. The summed E-state index contributed by atoms with van der Waals surface area (Å²) >= 11 is 0. The first-order valence-electron chi connectivity index (χ1n) is 8.09. The summed E-state index contributed by atoms with van der Waals surface area (Å²) < 4.78 is 15.0. The number of aromatic nitrogens is 2. The van der Waals surface area contributed by atoms with E-state index in [1.54, 1.807) is 12.1 Å². The number of hydrogen-bond donors (Lipinski definition) is 1. The number of nitrogens with one attached hydrogen (secondary N) is 1. The normalized spacial score (nSPS) is 14.6. The maximum Gasteiger partial charge on any atom is 0.203 e. The lowest BCUT2D eigenvalue weighted by molar-refractivity contribution is 0.627. The van der Waals surface area contributed by atoms with Crippen LogP contribution >= 0.6 is 0 Å². The van der Waals surface area contributed by atoms with Crippen LogP contribution in [0.5, 0.6) is 0 Å². The minimum atomic E-state index is -0.217. The summed E-state index contributed by atoms with van der Waals surface area (Å²) in [6.45, 7) is 4.88. The topological polar surface area (TPSA) is 29.9 Å². The molecule has 2 aromatic rings. The highest BCUT2D eigenvalue weighted by molar-refractivity contribution is 5.69. The highest BCUT2D eigenvalue weighted by Gasteiger charge is 2.12. The summed E-state index contributed by atoms with van der Waals surface area (Å²) in [7, 11) is 2.01. The first-order chi connectivity index (χ1) is 11.5. The lowest BCUT2D eigenvalue weighted by atomic mass is 10.1. The number of benzene rings is 1. The molecule has 1 N–H and O–H groups in total. The predicted octanol–water partition coefficient (Wildman–Crippen LogP) is 4.85. The van der Waals surface area contributed by atoms with Crippen molar-refractivity contribution in [3.8, 4) is 0 Å². The monoisotopic (exact) mass is 323 g/mol. The van der Waals surface area contributed by atoms with Crippen molar-refractivity contribution >= 4 is 11.5 Å². The molecular weight excluding hydrogens is 301 g/mol. The Morgan fingerprint density at radius 2 is 1.92 bits per heavy atom. The highest BCUT2D eigenvalue weighted by atomic mass is 19.1. The lowest BCUT2D eigenvalue weighted by Gasteiger charge is -2.10. The molecule has 0 aliphatic heterocycles. The van der Waals surface area contributed by atoms with E-state index in [2.05, 4.69) is 46.9 Å². The predicted molar refractivity (Wildman–Crippen MR) is 97.0 cm³/mol. The molecule has 0 saturated carbocycles. The first kappa shape index (κ1) is 16.2. The summed E-state index contributed by atoms with van der Waals surface area (Å²) in [6.07, 6.45) is 9.39. The molecule has 24 heavy (non-hydrogen) atoms. The summed E-state index contributed by atoms with van der Waals surface area (Å²) in [5.74, 6) is 0.590. The fourth-order valence-electron chi connectivity index (χ4n) is 2.76. The highest BCUT2D eigenvalue weighted by Crippen LogP contribution is 2.26. The number of halogens is 1. The van der Waals surface area contributed by atoms with Crippen molar-refractivity contribution in [2.45, 2.75) is 26.8 Å². The van der Waals surface area contributed by atoms with Gasteiger partial charge in [-0.15, -0.1) is 0 Å². The third-order valence-electron chi connectivity index (χ3n) is 4.40. The Labute approximate surface area is 142 Å². The average Bonchev–Trinajstić information content (AvgIpc) is 2.85. The van der Waals surface area contributed by atoms with Crippen LogP contribution in [0.4, 0.5) is 10.3 Å². The largest absolute Gasteiger partial charge is 0.352 e. The molecule has 0 atom stereocenters. The van der Waals surface area contributed by atoms with Crippen LogP contribution in [0.1, 0.15) is 31.5 Å². The van der Waals surface area contributed by atoms with E-state index in [4.69, 9.17) is 0 Å². The van der Waals surface area contributed by atoms with Crippen LogP contribution in [0.3, 0.4) is 0 Å². The number of hydrogen-bond acceptors (Lipinski definition) is 2. The van der Waals surface area contributed by atoms with Gasteiger partial charge in [-0.25, -0.2) is 9.37 Å². The Hall–Kier alpha value is -2.62. The fourth-order valence-corrected chi connectivity index (χ4v) is 2.76. The van der Waals surface area contributed by atoms with Gasteiger partial charge in [0.15, 0.2) is 0 Å². The molecule has 0 radical (unpaired) electrons. The van der Waals surface area contributed by atoms with Crippen LogP contribution in [-0.4, -0.2) is 9.55 Å². The van der Waals surface area contributed by atoms with E-state index in [-0.39, 0.29) is 5.82 Å². The Morgan fingerprint density at radius 3 is 2.67 bits per heavy atom. The van der Waals surface area contributed by atoms with Gasteiger partial charge in [-0.3, -0.25) is 0 Å². The van der Waals surface area contributed by atoms with Gasteiger partial charge in [0.05, 0.1) is 11.9 Å². The molecule has 0 spiro atoms. The molecule has 1 aromatic carbocycles. The van der Waals surface area contributed by atoms with Crippen molar-refractivity contribution in [1.82, 2.24) is 9.55 Å². The standard InChI is InChI=1S/C20H22FN3/c1-14-5-4-6-17(11-15(14)2)19-13-23-20(24(19)3)22-12-16-7-9-18(21)10-8-16/h4-5,7-11,13H,6,12H2,1-3H3,(H,22,23). The second kappa shape index (κ2) is 6.87. The van der Waals surface area contributed by atoms with E-state index in [9.17, 15) is 4.39 Å². The van der Waals surface area contributed by atoms with Crippen molar-refractivity contribution < 1.29 is 4.39 Å². The molecule has 4 heteroatoms. The van der Waals surface area contributed by atoms with E-state index in [1.165, 1.54) is 28.9 Å². The van der Waals surface area contributed by atoms with E-state index >= 15 is 0 Å². The van der Waals surface area contributed by atoms with Crippen LogP contribution in [0.2, 0.25) is 0 Å². The minimum absolute atomic E-state index is 0.217. The Kier molecular flexibility index (Phi) is 4.65. The average molecular weight is 323 g/mol. The van der Waals surface area contributed by atoms with Crippen LogP contribution < -0.4 is 5.32 Å². The van der Waals surface area contributed by atoms with E-state index in [0.717, 1.165) is 23.6 Å². The second-order valence-electron chi connectivity index (χ2n) is 6.15. The van der Waals surface area contributed by atoms with E-state index in [0.29, 0.717) is 6.54 Å². The molecule has 3 rings (SSSR count). The summed E-state index contributed by atoms with van der Waals surface area (Å²) in [5.41, 5.74) is 5.95. The van der Waals surface area contributed by atoms with Gasteiger partial charge in [-0.1, -0.05) is 30.4 Å². The molecule has 0 bridgehead atoms. The van der Waals surface area contributed by atoms with Crippen LogP contribution in [0.15, 0.2) is 59.8 Å². The maximum absolute atomic E-state index is 13.0. The molecule has 1 aliphatic rings. The number of imidazole rings is 1. The van der Waals surface area contributed by atoms with Gasteiger partial charge >= 0.3 is 0 Å². The fraction of sp³-hybridized carbons (Fsp3) is 0.250. The van der Waals surface area contributed by atoms with Gasteiger partial charge in [-0.2, -0.15) is 0 Å². The number of allylic oxidation sites excluding steroid dienone is 6. The van der Waals surface area contributed by atoms with Gasteiger partial charge in [0, 0.05) is 13.6 Å². The van der Waals surface area contributed by atoms with Crippen molar-refractivity contribution in [3.05, 3.63) is 76.9 Å². The lowest BCUT2D eigenvalue weighted by Crippen LogP contribution is -2.06. The molecule has 0 saturated heterocycles. The maximum atomic E-state index is 13.0. The van der Waals surface area contributed by atoms with E-state index < -0.39 is 0 Å². The smallest absolute Gasteiger partial charge is 0.203 e. The van der Waals surface area contributed by atoms with Crippen molar-refractivity contribution in [1.29, 1.82) is 0 Å². The van der Waals surface area contributed by atoms with Crippen molar-refractivity contribution in [3.63, 3.8) is 0 Å². The third-order valence-corrected chi connectivity index (χ3v) is 4.40. The van der Waals surface area contributed by atoms with Gasteiger partial charge in [0.1, 0.15) is 5.82 Å². The molecule has 0 fully saturated rings. The molecule has 1 heterocycles. The minimum Gasteiger partial charge on any atom is -0.352 e. The molecule has 0 amide bonds. The SMILES string of the molecule is CC1=C(C)C=C(c2cnc(NCc3ccc(F)cc3)n2C)CC=C1. The number of rotatable bonds is 4. The van der Waals surface area contributed by atoms with Crippen molar-refractivity contribution in [2.24, 2.45) is 7.05 Å². The molecule has 0 unspecified atom stereocenters. The Balaban J connectivity index is 1.78. The molecule has 3 nitrogen and oxygen atoms in total. The quantitative estimate of drug-likeness (QED) is 0.871. The van der Waals surface area contributed by atoms with Gasteiger partial charge < -0.3 is 9.88 Å². The second-order valence-corrected chi connectivity index (χ2v) is 6.15. The summed E-state index contributed by atoms with van der Waals surface area (Å²) in [5, 5.41) is 3.32. The number of anilines is 1. The van der Waals surface area contributed by atoms with Crippen LogP contribution in [-0.2, 0) is 13.6 Å². The third kappa shape index (κ3) is 3.48. The molecular formula is C20H22FN3. The van der Waals surface area contributed by atoms with Gasteiger partial charge in [-0.05, 0) is 54.7 Å². The molecule has 1 aromatic heterocycles. The van der Waals surface area contributed by atoms with E-state index in [1.807, 2.05) is 13.2 Å². The van der Waals surface area contributed by atoms with Gasteiger partial charge in [0.25, 0.3) is 0 Å². The zero-order chi connectivity index (χ0) is 17.1. The van der Waals surface area contributed by atoms with Gasteiger partial charge in [0.2, 0.25) is 5.95 Å². The van der Waals surface area contributed by atoms with Crippen molar-refractivity contribution in [2.75, 3.05) is 5.32 Å². The zero-order valence-electron chi connectivity index (χ0n) is 14.3. The molecule has 1 aliphatic carbocycles. The van der Waals surface area contributed by atoms with Crippen LogP contribution in [0.25, 0.3) is 5.57 Å². The Morgan fingerprint density at radius 1 is 1.17 bits per heavy atom. The number of nitrogens with zero attached hydrogens (tertiary/aromatic N) is 2. The summed E-state index contributed by atoms with van der Waals surface area (Å²) in [6, 6.07) is 6.51. The Bertz CT molecular complexity index is 823. The van der Waals surface area contributed by atoms with Crippen LogP contribution in [0, 0.1) is 5.82 Å². The summed E-state index contributed by atoms with van der Waals surface area (Å²) in [4.78, 5) is 4.50. The molecule has 124 valence electrons.